The van der Waals surface area contributed by atoms with Crippen LogP contribution in [0.15, 0.2) is 58.5 Å². The first-order valence-corrected chi connectivity index (χ1v) is 12.9. The maximum atomic E-state index is 12.5. The first kappa shape index (κ1) is 31.0. The van der Waals surface area contributed by atoms with Crippen LogP contribution in [0.3, 0.4) is 0 Å². The van der Waals surface area contributed by atoms with Crippen molar-refractivity contribution in [3.63, 3.8) is 0 Å². The van der Waals surface area contributed by atoms with Crippen LogP contribution in [-0.4, -0.2) is 55.4 Å². The zero-order chi connectivity index (χ0) is 26.5. The van der Waals surface area contributed by atoms with E-state index < -0.39 is 5.83 Å². The molecule has 2 N–H and O–H groups in total. The summed E-state index contributed by atoms with van der Waals surface area (Å²) in [6.07, 6.45) is 11.4. The number of carbonyl (C=O) groups is 2. The lowest BCUT2D eigenvalue weighted by Crippen LogP contribution is -2.39. The largest absolute Gasteiger partial charge is 0.353 e. The highest BCUT2D eigenvalue weighted by Gasteiger charge is 2.29. The number of hydrogen-bond acceptors (Lipinski definition) is 4. The molecular formula is C28H43ClFN3O2. The van der Waals surface area contributed by atoms with E-state index in [0.717, 1.165) is 44.8 Å². The molecule has 3 unspecified atom stereocenters. The maximum absolute atomic E-state index is 12.5. The Hall–Kier alpha value is -2.02. The smallest absolute Gasteiger partial charge is 0.227 e. The van der Waals surface area contributed by atoms with Crippen molar-refractivity contribution in [3.8, 4) is 0 Å². The molecule has 0 bridgehead atoms. The fourth-order valence-corrected chi connectivity index (χ4v) is 4.07. The zero-order valence-corrected chi connectivity index (χ0v) is 22.9. The van der Waals surface area contributed by atoms with Gasteiger partial charge in [0.25, 0.3) is 0 Å². The van der Waals surface area contributed by atoms with Gasteiger partial charge in [-0.05, 0) is 90.3 Å². The van der Waals surface area contributed by atoms with Gasteiger partial charge in [0.15, 0.2) is 0 Å². The van der Waals surface area contributed by atoms with Crippen molar-refractivity contribution in [1.82, 2.24) is 15.5 Å². The Bertz CT molecular complexity index is 858. The van der Waals surface area contributed by atoms with Gasteiger partial charge in [-0.1, -0.05) is 42.8 Å². The van der Waals surface area contributed by atoms with Gasteiger partial charge in [-0.25, -0.2) is 4.39 Å². The van der Waals surface area contributed by atoms with Crippen LogP contribution in [0.2, 0.25) is 0 Å². The second-order valence-corrected chi connectivity index (χ2v) is 9.78. The molecule has 1 amide bonds. The van der Waals surface area contributed by atoms with Crippen molar-refractivity contribution in [2.75, 3.05) is 20.1 Å². The van der Waals surface area contributed by atoms with E-state index in [4.69, 9.17) is 11.6 Å². The molecule has 2 aliphatic rings. The fourth-order valence-electron chi connectivity index (χ4n) is 3.82. The molecule has 0 saturated heterocycles. The molecule has 0 radical (unpaired) electrons. The molecule has 0 spiro atoms. The van der Waals surface area contributed by atoms with E-state index in [1.807, 2.05) is 7.05 Å². The Labute approximate surface area is 216 Å². The summed E-state index contributed by atoms with van der Waals surface area (Å²) in [5.74, 6) is -0.413. The molecular weight excluding hydrogens is 465 g/mol. The van der Waals surface area contributed by atoms with E-state index in [-0.39, 0.29) is 16.9 Å². The second-order valence-electron chi connectivity index (χ2n) is 9.38. The minimum atomic E-state index is -0.632. The van der Waals surface area contributed by atoms with Gasteiger partial charge in [-0.3, -0.25) is 14.5 Å². The Morgan fingerprint density at radius 2 is 2.03 bits per heavy atom. The molecule has 35 heavy (non-hydrogen) atoms. The average Bonchev–Trinajstić information content (AvgIpc) is 3.67. The van der Waals surface area contributed by atoms with Crippen LogP contribution in [0.1, 0.15) is 60.3 Å². The highest BCUT2D eigenvalue weighted by atomic mass is 35.5. The first-order valence-electron chi connectivity index (χ1n) is 12.5. The van der Waals surface area contributed by atoms with Gasteiger partial charge < -0.3 is 10.6 Å². The number of halogens is 2. The molecule has 1 fully saturated rings. The lowest BCUT2D eigenvalue weighted by molar-refractivity contribution is -0.123. The summed E-state index contributed by atoms with van der Waals surface area (Å²) >= 11 is 5.40. The molecule has 2 rings (SSSR count). The van der Waals surface area contributed by atoms with Gasteiger partial charge in [0.1, 0.15) is 12.1 Å². The van der Waals surface area contributed by atoms with Crippen LogP contribution in [0.5, 0.6) is 0 Å². The summed E-state index contributed by atoms with van der Waals surface area (Å²) < 4.78 is 12.5. The Kier molecular flexibility index (Phi) is 14.1. The van der Waals surface area contributed by atoms with Crippen molar-refractivity contribution in [3.05, 3.63) is 58.5 Å². The van der Waals surface area contributed by atoms with Crippen LogP contribution in [0.25, 0.3) is 0 Å². The third-order valence-corrected chi connectivity index (χ3v) is 6.77. The molecule has 3 atom stereocenters. The predicted octanol–water partition coefficient (Wildman–Crippen LogP) is 5.60. The number of carbonyl (C=O) groups excluding carboxylic acids is 2. The van der Waals surface area contributed by atoms with E-state index in [9.17, 15) is 14.0 Å². The van der Waals surface area contributed by atoms with Crippen molar-refractivity contribution >= 4 is 23.8 Å². The fraction of sp³-hybridized carbons (Fsp3) is 0.571. The Morgan fingerprint density at radius 3 is 2.51 bits per heavy atom. The normalized spacial score (nSPS) is 20.5. The maximum Gasteiger partial charge on any atom is 0.227 e. The number of hydrogen-bond donors (Lipinski definition) is 2. The summed E-state index contributed by atoms with van der Waals surface area (Å²) in [6, 6.07) is 1.39. The topological polar surface area (TPSA) is 61.4 Å². The van der Waals surface area contributed by atoms with E-state index in [1.165, 1.54) is 24.1 Å². The van der Waals surface area contributed by atoms with E-state index in [0.29, 0.717) is 30.0 Å². The third-order valence-electron chi connectivity index (χ3n) is 6.48. The van der Waals surface area contributed by atoms with Crippen LogP contribution in [-0.2, 0) is 9.59 Å². The van der Waals surface area contributed by atoms with Crippen molar-refractivity contribution in [1.29, 1.82) is 0 Å². The van der Waals surface area contributed by atoms with Gasteiger partial charge >= 0.3 is 0 Å². The standard InChI is InChI=1S/C20H35N3O.C8H8ClFO/c1-6-23(12-11-15(3)21-5)16(4)19-10-7-17(13-14(19)2)20(24)22-18-8-9-18;1-3-8(10)7(9)4-6(2)5-11/h7,10,15-18,21H,6,8-9,11-13H2,1-5H3,(H,22,24);3-5H,1H2,2H3/b;6-4+,8-7-. The van der Waals surface area contributed by atoms with Gasteiger partial charge in [-0.2, -0.15) is 0 Å². The summed E-state index contributed by atoms with van der Waals surface area (Å²) in [7, 11) is 2.02. The van der Waals surface area contributed by atoms with Gasteiger partial charge in [0, 0.05) is 24.7 Å². The minimum absolute atomic E-state index is 0.0148. The molecule has 196 valence electrons. The number of allylic oxidation sites excluding steroid dienone is 6. The number of likely N-dealkylation sites (N-methyl/N-ethyl adjacent to an activating group) is 1. The quantitative estimate of drug-likeness (QED) is 0.205. The summed E-state index contributed by atoms with van der Waals surface area (Å²) in [5, 5.41) is 6.34. The van der Waals surface area contributed by atoms with Crippen LogP contribution in [0.4, 0.5) is 4.39 Å². The number of nitrogens with zero attached hydrogens (tertiary/aromatic N) is 1. The molecule has 0 aliphatic heterocycles. The average molecular weight is 508 g/mol. The highest BCUT2D eigenvalue weighted by Crippen LogP contribution is 2.29. The number of amides is 1. The van der Waals surface area contributed by atoms with Gasteiger partial charge in [0.2, 0.25) is 5.91 Å². The minimum Gasteiger partial charge on any atom is -0.353 e. The number of nitrogens with one attached hydrogen (secondary N) is 2. The first-order chi connectivity index (χ1) is 16.6. The zero-order valence-electron chi connectivity index (χ0n) is 22.2. The number of aldehydes is 1. The summed E-state index contributed by atoms with van der Waals surface area (Å²) in [5.41, 5.74) is 3.12. The van der Waals surface area contributed by atoms with Gasteiger partial charge in [0.05, 0.1) is 11.0 Å². The van der Waals surface area contributed by atoms with Crippen LogP contribution in [0, 0.1) is 5.92 Å². The lowest BCUT2D eigenvalue weighted by Gasteiger charge is -2.32. The highest BCUT2D eigenvalue weighted by molar-refractivity contribution is 6.31. The molecule has 1 saturated carbocycles. The Morgan fingerprint density at radius 1 is 1.37 bits per heavy atom. The Balaban J connectivity index is 0.000000471. The monoisotopic (exact) mass is 507 g/mol. The third kappa shape index (κ3) is 11.1. The molecule has 0 heterocycles. The second kappa shape index (κ2) is 15.9. The lowest BCUT2D eigenvalue weighted by atomic mass is 9.86. The predicted molar refractivity (Wildman–Crippen MR) is 145 cm³/mol. The molecule has 0 aromatic carbocycles. The van der Waals surface area contributed by atoms with Crippen LogP contribution >= 0.6 is 11.6 Å². The summed E-state index contributed by atoms with van der Waals surface area (Å²) in [6.45, 7) is 15.8. The van der Waals surface area contributed by atoms with E-state index >= 15 is 0 Å². The van der Waals surface area contributed by atoms with Crippen molar-refractivity contribution < 1.29 is 14.0 Å². The molecule has 7 heteroatoms. The molecule has 5 nitrogen and oxygen atoms in total. The van der Waals surface area contributed by atoms with E-state index in [1.54, 1.807) is 0 Å². The molecule has 2 aliphatic carbocycles. The SMILES string of the molecule is C=C/C(F)=C(Cl)\C=C(/C)C=O.CCN(CCC(C)NC)C(C)C1=C(C)CC(C(=O)NC2CC2)C=C1. The van der Waals surface area contributed by atoms with Crippen molar-refractivity contribution in [2.45, 2.75) is 78.4 Å². The van der Waals surface area contributed by atoms with Gasteiger partial charge in [-0.15, -0.1) is 0 Å². The number of rotatable bonds is 12. The van der Waals surface area contributed by atoms with Crippen molar-refractivity contribution in [2.24, 2.45) is 5.92 Å². The summed E-state index contributed by atoms with van der Waals surface area (Å²) in [4.78, 5) is 24.9. The van der Waals surface area contributed by atoms with Crippen LogP contribution < -0.4 is 10.6 Å². The van der Waals surface area contributed by atoms with E-state index in [2.05, 4.69) is 62.0 Å². The molecule has 0 aromatic heterocycles. The molecule has 0 aromatic rings.